The number of halogens is 2. The fourth-order valence-corrected chi connectivity index (χ4v) is 2.02. The summed E-state index contributed by atoms with van der Waals surface area (Å²) in [6.45, 7) is 4.30. The standard InChI is InChI=1S/C12H15F2NS/c1-8(12(3,13)14)7-10(15-4)11-6-5-9(2)16-11/h5-7H,1-4H3/b8-7+,15-10?. The molecule has 0 aliphatic rings. The predicted octanol–water partition coefficient (Wildman–Crippen LogP) is 4.08. The van der Waals surface area contributed by atoms with Crippen LogP contribution in [0.5, 0.6) is 0 Å². The smallest absolute Gasteiger partial charge is 0.266 e. The zero-order chi connectivity index (χ0) is 12.3. The molecule has 0 amide bonds. The molecule has 0 aromatic carbocycles. The van der Waals surface area contributed by atoms with Crippen molar-refractivity contribution >= 4 is 17.0 Å². The Kier molecular flexibility index (Phi) is 3.97. The largest absolute Gasteiger partial charge is 0.287 e. The van der Waals surface area contributed by atoms with Gasteiger partial charge in [-0.05, 0) is 37.6 Å². The Morgan fingerprint density at radius 1 is 1.44 bits per heavy atom. The van der Waals surface area contributed by atoms with Crippen LogP contribution < -0.4 is 0 Å². The number of aliphatic imine (C=N–C) groups is 1. The number of aryl methyl sites for hydroxylation is 1. The molecular formula is C12H15F2NS. The maximum atomic E-state index is 13.0. The summed E-state index contributed by atoms with van der Waals surface area (Å²) in [4.78, 5) is 6.11. The molecule has 0 fully saturated rings. The highest BCUT2D eigenvalue weighted by atomic mass is 32.1. The summed E-state index contributed by atoms with van der Waals surface area (Å²) >= 11 is 1.55. The third-order valence-electron chi connectivity index (χ3n) is 2.28. The van der Waals surface area contributed by atoms with Crippen molar-refractivity contribution in [1.29, 1.82) is 0 Å². The minimum absolute atomic E-state index is 0.0270. The third-order valence-corrected chi connectivity index (χ3v) is 3.30. The van der Waals surface area contributed by atoms with E-state index in [1.54, 1.807) is 18.4 Å². The lowest BCUT2D eigenvalue weighted by Crippen LogP contribution is -2.12. The van der Waals surface area contributed by atoms with Gasteiger partial charge < -0.3 is 0 Å². The van der Waals surface area contributed by atoms with E-state index >= 15 is 0 Å². The average Bonchev–Trinajstić information content (AvgIpc) is 2.59. The van der Waals surface area contributed by atoms with Gasteiger partial charge in [0.25, 0.3) is 5.92 Å². The highest BCUT2D eigenvalue weighted by Gasteiger charge is 2.24. The van der Waals surface area contributed by atoms with E-state index in [0.29, 0.717) is 5.71 Å². The van der Waals surface area contributed by atoms with E-state index < -0.39 is 5.92 Å². The predicted molar refractivity (Wildman–Crippen MR) is 65.9 cm³/mol. The molecule has 0 N–H and O–H groups in total. The molecule has 0 atom stereocenters. The van der Waals surface area contributed by atoms with Gasteiger partial charge in [0.05, 0.1) is 10.6 Å². The molecule has 1 aromatic heterocycles. The second-order valence-corrected chi connectivity index (χ2v) is 5.02. The van der Waals surface area contributed by atoms with Gasteiger partial charge in [-0.25, -0.2) is 8.78 Å². The fourth-order valence-electron chi connectivity index (χ4n) is 1.15. The normalized spacial score (nSPS) is 14.4. The molecule has 0 saturated heterocycles. The van der Waals surface area contributed by atoms with Crippen molar-refractivity contribution in [3.8, 4) is 0 Å². The molecule has 0 radical (unpaired) electrons. The van der Waals surface area contributed by atoms with Crippen LogP contribution in [0.2, 0.25) is 0 Å². The molecule has 1 aromatic rings. The van der Waals surface area contributed by atoms with Crippen molar-refractivity contribution in [2.75, 3.05) is 7.05 Å². The lowest BCUT2D eigenvalue weighted by molar-refractivity contribution is 0.0637. The van der Waals surface area contributed by atoms with Crippen molar-refractivity contribution in [1.82, 2.24) is 0 Å². The molecule has 0 saturated carbocycles. The molecule has 88 valence electrons. The van der Waals surface area contributed by atoms with Crippen molar-refractivity contribution in [3.05, 3.63) is 33.5 Å². The first-order chi connectivity index (χ1) is 7.34. The molecule has 0 spiro atoms. The molecule has 0 aliphatic carbocycles. The summed E-state index contributed by atoms with van der Waals surface area (Å²) < 4.78 is 26.0. The molecule has 1 heterocycles. The second kappa shape index (κ2) is 4.87. The number of alkyl halides is 2. The minimum Gasteiger partial charge on any atom is -0.287 e. The minimum atomic E-state index is -2.79. The average molecular weight is 243 g/mol. The summed E-state index contributed by atoms with van der Waals surface area (Å²) in [6.07, 6.45) is 1.45. The number of rotatable bonds is 3. The van der Waals surface area contributed by atoms with E-state index in [9.17, 15) is 8.78 Å². The van der Waals surface area contributed by atoms with Crippen molar-refractivity contribution < 1.29 is 8.78 Å². The van der Waals surface area contributed by atoms with Gasteiger partial charge in [0, 0.05) is 18.8 Å². The number of hydrogen-bond donors (Lipinski definition) is 0. The first-order valence-electron chi connectivity index (χ1n) is 4.95. The Labute approximate surface area is 98.5 Å². The van der Waals surface area contributed by atoms with Gasteiger partial charge in [0.1, 0.15) is 0 Å². The topological polar surface area (TPSA) is 12.4 Å². The Morgan fingerprint density at radius 2 is 2.06 bits per heavy atom. The van der Waals surface area contributed by atoms with Crippen LogP contribution >= 0.6 is 11.3 Å². The zero-order valence-electron chi connectivity index (χ0n) is 9.84. The highest BCUT2D eigenvalue weighted by molar-refractivity contribution is 7.14. The van der Waals surface area contributed by atoms with Gasteiger partial charge in [-0.15, -0.1) is 11.3 Å². The van der Waals surface area contributed by atoms with Crippen molar-refractivity contribution in [2.45, 2.75) is 26.7 Å². The van der Waals surface area contributed by atoms with Gasteiger partial charge >= 0.3 is 0 Å². The lowest BCUT2D eigenvalue weighted by atomic mass is 10.1. The van der Waals surface area contributed by atoms with E-state index in [0.717, 1.165) is 16.7 Å². The fraction of sp³-hybridized carbons (Fsp3) is 0.417. The van der Waals surface area contributed by atoms with E-state index in [2.05, 4.69) is 4.99 Å². The molecule has 16 heavy (non-hydrogen) atoms. The highest BCUT2D eigenvalue weighted by Crippen LogP contribution is 2.24. The van der Waals surface area contributed by atoms with E-state index in [1.165, 1.54) is 13.0 Å². The Bertz CT molecular complexity index is 424. The van der Waals surface area contributed by atoms with Gasteiger partial charge in [-0.1, -0.05) is 0 Å². The summed E-state index contributed by atoms with van der Waals surface area (Å²) in [7, 11) is 1.61. The summed E-state index contributed by atoms with van der Waals surface area (Å²) in [5.41, 5.74) is 0.635. The van der Waals surface area contributed by atoms with Crippen LogP contribution in [0.15, 0.2) is 28.8 Å². The zero-order valence-corrected chi connectivity index (χ0v) is 10.7. The van der Waals surface area contributed by atoms with Crippen LogP contribution in [0.3, 0.4) is 0 Å². The van der Waals surface area contributed by atoms with Crippen LogP contribution in [-0.4, -0.2) is 18.7 Å². The maximum Gasteiger partial charge on any atom is 0.266 e. The summed E-state index contributed by atoms with van der Waals surface area (Å²) in [5, 5.41) is 0. The van der Waals surface area contributed by atoms with Gasteiger partial charge in [-0.2, -0.15) is 0 Å². The Hall–Kier alpha value is -1.03. The Balaban J connectivity index is 3.03. The SMILES string of the molecule is CN=C(/C=C(\C)C(C)(F)F)c1ccc(C)s1. The molecule has 1 nitrogen and oxygen atoms in total. The monoisotopic (exact) mass is 243 g/mol. The van der Waals surface area contributed by atoms with Gasteiger partial charge in [-0.3, -0.25) is 4.99 Å². The number of thiophene rings is 1. The summed E-state index contributed by atoms with van der Waals surface area (Å²) in [6, 6.07) is 3.86. The maximum absolute atomic E-state index is 13.0. The number of hydrogen-bond acceptors (Lipinski definition) is 2. The first kappa shape index (κ1) is 13.0. The van der Waals surface area contributed by atoms with Crippen LogP contribution in [0.4, 0.5) is 8.78 Å². The van der Waals surface area contributed by atoms with Gasteiger partial charge in [0.2, 0.25) is 0 Å². The number of nitrogens with zero attached hydrogens (tertiary/aromatic N) is 1. The summed E-state index contributed by atoms with van der Waals surface area (Å²) in [5.74, 6) is -2.79. The second-order valence-electron chi connectivity index (χ2n) is 3.73. The number of allylic oxidation sites excluding steroid dienone is 2. The first-order valence-corrected chi connectivity index (χ1v) is 5.76. The molecule has 0 aliphatic heterocycles. The molecule has 0 bridgehead atoms. The van der Waals surface area contributed by atoms with Crippen LogP contribution in [0.25, 0.3) is 0 Å². The van der Waals surface area contributed by atoms with Crippen molar-refractivity contribution in [3.63, 3.8) is 0 Å². The van der Waals surface area contributed by atoms with Gasteiger partial charge in [0.15, 0.2) is 0 Å². The van der Waals surface area contributed by atoms with Crippen molar-refractivity contribution in [2.24, 2.45) is 4.99 Å². The van der Waals surface area contributed by atoms with E-state index in [1.807, 2.05) is 19.1 Å². The quantitative estimate of drug-likeness (QED) is 0.709. The molecule has 4 heteroatoms. The Morgan fingerprint density at radius 3 is 2.44 bits per heavy atom. The lowest BCUT2D eigenvalue weighted by Gasteiger charge is -2.10. The molecular weight excluding hydrogens is 228 g/mol. The third kappa shape index (κ3) is 3.23. The van der Waals surface area contributed by atoms with E-state index in [-0.39, 0.29) is 5.57 Å². The van der Waals surface area contributed by atoms with E-state index in [4.69, 9.17) is 0 Å². The van der Waals surface area contributed by atoms with Crippen LogP contribution in [0, 0.1) is 6.92 Å². The molecule has 0 unspecified atom stereocenters. The van der Waals surface area contributed by atoms with Crippen LogP contribution in [0.1, 0.15) is 23.6 Å². The van der Waals surface area contributed by atoms with Crippen LogP contribution in [-0.2, 0) is 0 Å². The molecule has 1 rings (SSSR count).